The predicted octanol–water partition coefficient (Wildman–Crippen LogP) is 3.62. The van der Waals surface area contributed by atoms with Crippen LogP contribution in [0, 0.1) is 11.7 Å². The van der Waals surface area contributed by atoms with Gasteiger partial charge < -0.3 is 20.3 Å². The lowest BCUT2D eigenvalue weighted by molar-refractivity contribution is -0.125. The monoisotopic (exact) mass is 524 g/mol. The lowest BCUT2D eigenvalue weighted by Crippen LogP contribution is -2.51. The van der Waals surface area contributed by atoms with Gasteiger partial charge in [0.25, 0.3) is 11.8 Å². The summed E-state index contributed by atoms with van der Waals surface area (Å²) in [5.74, 6) is -1.39. The standard InChI is InChI=1S/C24H30ClFN4O4S/c1-4-29(13-15(2)3)19(12-27-24(33)20-7-8-21(25)35-20)23(32)28-18-6-5-16(11-17(18)26)30-9-10-34-14-22(30)31/h5-8,11,15,19H,4,9-10,12-14H2,1-3H3,(H,27,33)(H,28,32)/t19-/m0/s1. The summed E-state index contributed by atoms with van der Waals surface area (Å²) in [6, 6.07) is 6.79. The summed E-state index contributed by atoms with van der Waals surface area (Å²) in [4.78, 5) is 41.7. The second-order valence-electron chi connectivity index (χ2n) is 8.56. The minimum atomic E-state index is -0.721. The van der Waals surface area contributed by atoms with Gasteiger partial charge in [0.15, 0.2) is 0 Å². The molecule has 35 heavy (non-hydrogen) atoms. The maximum atomic E-state index is 14.9. The van der Waals surface area contributed by atoms with Crippen molar-refractivity contribution < 1.29 is 23.5 Å². The molecule has 1 fully saturated rings. The SMILES string of the molecule is CCN(CC(C)C)[C@@H](CNC(=O)c1ccc(Cl)s1)C(=O)Nc1ccc(N2CCOCC2=O)cc1F. The Kier molecular flexibility index (Phi) is 9.62. The van der Waals surface area contributed by atoms with E-state index in [1.807, 2.05) is 25.7 Å². The van der Waals surface area contributed by atoms with Gasteiger partial charge in [0.05, 0.1) is 21.5 Å². The molecule has 8 nitrogen and oxygen atoms in total. The summed E-state index contributed by atoms with van der Waals surface area (Å²) < 4.78 is 20.5. The molecule has 0 unspecified atom stereocenters. The van der Waals surface area contributed by atoms with Crippen LogP contribution in [0.15, 0.2) is 30.3 Å². The van der Waals surface area contributed by atoms with Crippen molar-refractivity contribution in [2.45, 2.75) is 26.8 Å². The highest BCUT2D eigenvalue weighted by atomic mass is 35.5. The molecule has 190 valence electrons. The number of halogens is 2. The molecule has 1 aliphatic heterocycles. The second kappa shape index (κ2) is 12.4. The maximum Gasteiger partial charge on any atom is 0.261 e. The van der Waals surface area contributed by atoms with Gasteiger partial charge in [-0.1, -0.05) is 32.4 Å². The summed E-state index contributed by atoms with van der Waals surface area (Å²) >= 11 is 7.08. The zero-order valence-corrected chi connectivity index (χ0v) is 21.5. The van der Waals surface area contributed by atoms with Gasteiger partial charge in [0.1, 0.15) is 18.5 Å². The molecule has 1 aliphatic rings. The Bertz CT molecular complexity index is 1060. The number of carbonyl (C=O) groups excluding carboxylic acids is 3. The molecule has 11 heteroatoms. The van der Waals surface area contributed by atoms with E-state index in [1.54, 1.807) is 18.2 Å². The Hall–Kier alpha value is -2.53. The molecule has 3 amide bonds. The van der Waals surface area contributed by atoms with E-state index in [0.29, 0.717) is 41.1 Å². The van der Waals surface area contributed by atoms with Crippen molar-refractivity contribution in [1.82, 2.24) is 10.2 Å². The van der Waals surface area contributed by atoms with Crippen LogP contribution in [0.3, 0.4) is 0 Å². The Morgan fingerprint density at radius 1 is 1.29 bits per heavy atom. The highest BCUT2D eigenvalue weighted by Crippen LogP contribution is 2.24. The largest absolute Gasteiger partial charge is 0.370 e. The number of amides is 3. The Balaban J connectivity index is 1.74. The Morgan fingerprint density at radius 2 is 2.06 bits per heavy atom. The zero-order chi connectivity index (χ0) is 25.5. The van der Waals surface area contributed by atoms with Crippen LogP contribution in [0.2, 0.25) is 4.34 Å². The van der Waals surface area contributed by atoms with Crippen LogP contribution >= 0.6 is 22.9 Å². The Labute approximate surface area is 213 Å². The predicted molar refractivity (Wildman–Crippen MR) is 136 cm³/mol. The number of hydrogen-bond acceptors (Lipinski definition) is 6. The van der Waals surface area contributed by atoms with Crippen molar-refractivity contribution in [2.75, 3.05) is 49.6 Å². The van der Waals surface area contributed by atoms with Gasteiger partial charge in [-0.25, -0.2) is 4.39 Å². The van der Waals surface area contributed by atoms with E-state index in [-0.39, 0.29) is 36.6 Å². The van der Waals surface area contributed by atoms with E-state index in [2.05, 4.69) is 10.6 Å². The lowest BCUT2D eigenvalue weighted by atomic mass is 10.1. The topological polar surface area (TPSA) is 91.0 Å². The van der Waals surface area contributed by atoms with E-state index in [4.69, 9.17) is 16.3 Å². The van der Waals surface area contributed by atoms with Gasteiger partial charge in [-0.05, 0) is 42.8 Å². The molecule has 1 aromatic heterocycles. The summed E-state index contributed by atoms with van der Waals surface area (Å²) in [7, 11) is 0. The average Bonchev–Trinajstić information content (AvgIpc) is 3.26. The van der Waals surface area contributed by atoms with Gasteiger partial charge in [0.2, 0.25) is 5.91 Å². The fourth-order valence-electron chi connectivity index (χ4n) is 3.83. The number of anilines is 2. The number of morpholine rings is 1. The number of rotatable bonds is 10. The van der Waals surface area contributed by atoms with Gasteiger partial charge in [-0.2, -0.15) is 0 Å². The molecular weight excluding hydrogens is 495 g/mol. The maximum absolute atomic E-state index is 14.9. The second-order valence-corrected chi connectivity index (χ2v) is 10.3. The van der Waals surface area contributed by atoms with Gasteiger partial charge in [-0.3, -0.25) is 19.3 Å². The fourth-order valence-corrected chi connectivity index (χ4v) is 4.79. The van der Waals surface area contributed by atoms with E-state index in [1.165, 1.54) is 17.0 Å². The normalized spacial score (nSPS) is 14.9. The minimum Gasteiger partial charge on any atom is -0.370 e. The van der Waals surface area contributed by atoms with E-state index < -0.39 is 17.8 Å². The molecule has 1 atom stereocenters. The fraction of sp³-hybridized carbons (Fsp3) is 0.458. The Morgan fingerprint density at radius 3 is 2.66 bits per heavy atom. The first-order chi connectivity index (χ1) is 16.7. The van der Waals surface area contributed by atoms with Crippen LogP contribution in [-0.4, -0.2) is 68.1 Å². The van der Waals surface area contributed by atoms with Gasteiger partial charge in [-0.15, -0.1) is 11.3 Å². The molecule has 0 spiro atoms. The number of thiophene rings is 1. The van der Waals surface area contributed by atoms with Crippen LogP contribution < -0.4 is 15.5 Å². The zero-order valence-electron chi connectivity index (χ0n) is 20.0. The molecule has 2 heterocycles. The smallest absolute Gasteiger partial charge is 0.261 e. The number of nitrogens with zero attached hydrogens (tertiary/aromatic N) is 2. The number of likely N-dealkylation sites (N-methyl/N-ethyl adjacent to an activating group) is 1. The quantitative estimate of drug-likeness (QED) is 0.495. The van der Waals surface area contributed by atoms with Crippen LogP contribution in [0.4, 0.5) is 15.8 Å². The number of carbonyl (C=O) groups is 3. The molecule has 3 rings (SSSR count). The first kappa shape index (κ1) is 27.1. The highest BCUT2D eigenvalue weighted by Gasteiger charge is 2.28. The molecule has 1 aromatic carbocycles. The minimum absolute atomic E-state index is 0.00132. The summed E-state index contributed by atoms with van der Waals surface area (Å²) in [6.45, 7) is 7.90. The molecule has 0 aliphatic carbocycles. The number of ether oxygens (including phenoxy) is 1. The molecular formula is C24H30ClFN4O4S. The first-order valence-corrected chi connectivity index (χ1v) is 12.6. The highest BCUT2D eigenvalue weighted by molar-refractivity contribution is 7.18. The first-order valence-electron chi connectivity index (χ1n) is 11.5. The van der Waals surface area contributed by atoms with Crippen molar-refractivity contribution in [3.05, 3.63) is 45.4 Å². The molecule has 0 bridgehead atoms. The molecule has 0 radical (unpaired) electrons. The van der Waals surface area contributed by atoms with Crippen molar-refractivity contribution in [2.24, 2.45) is 5.92 Å². The summed E-state index contributed by atoms with van der Waals surface area (Å²) in [5.41, 5.74) is 0.406. The number of hydrogen-bond donors (Lipinski definition) is 2. The number of benzene rings is 1. The molecule has 0 saturated carbocycles. The van der Waals surface area contributed by atoms with Gasteiger partial charge >= 0.3 is 0 Å². The molecule has 1 saturated heterocycles. The van der Waals surface area contributed by atoms with Crippen molar-refractivity contribution in [3.8, 4) is 0 Å². The van der Waals surface area contributed by atoms with Crippen molar-refractivity contribution >= 4 is 52.0 Å². The van der Waals surface area contributed by atoms with Crippen LogP contribution in [0.25, 0.3) is 0 Å². The third-order valence-electron chi connectivity index (χ3n) is 5.51. The van der Waals surface area contributed by atoms with E-state index in [9.17, 15) is 18.8 Å². The third-order valence-corrected chi connectivity index (χ3v) is 6.74. The van der Waals surface area contributed by atoms with E-state index >= 15 is 0 Å². The van der Waals surface area contributed by atoms with Crippen LogP contribution in [0.5, 0.6) is 0 Å². The summed E-state index contributed by atoms with van der Waals surface area (Å²) in [6.07, 6.45) is 0. The van der Waals surface area contributed by atoms with Crippen LogP contribution in [-0.2, 0) is 14.3 Å². The van der Waals surface area contributed by atoms with Crippen molar-refractivity contribution in [1.29, 1.82) is 0 Å². The molecule has 2 N–H and O–H groups in total. The number of nitrogens with one attached hydrogen (secondary N) is 2. The lowest BCUT2D eigenvalue weighted by Gasteiger charge is -2.31. The van der Waals surface area contributed by atoms with Crippen molar-refractivity contribution in [3.63, 3.8) is 0 Å². The molecule has 2 aromatic rings. The van der Waals surface area contributed by atoms with Gasteiger partial charge in [0, 0.05) is 25.3 Å². The average molecular weight is 525 g/mol. The summed E-state index contributed by atoms with van der Waals surface area (Å²) in [5, 5.41) is 5.45. The van der Waals surface area contributed by atoms with E-state index in [0.717, 1.165) is 11.3 Å². The third kappa shape index (κ3) is 7.23. The van der Waals surface area contributed by atoms with Crippen LogP contribution in [0.1, 0.15) is 30.4 Å².